The number of methoxy groups -OCH3 is 2. The molecule has 0 unspecified atom stereocenters. The fourth-order valence-corrected chi connectivity index (χ4v) is 3.18. The lowest BCUT2D eigenvalue weighted by atomic mass is 9.83. The van der Waals surface area contributed by atoms with Crippen LogP contribution in [0.5, 0.6) is 11.5 Å². The monoisotopic (exact) mass is 275 g/mol. The summed E-state index contributed by atoms with van der Waals surface area (Å²) < 4.78 is 10.6. The third-order valence-electron chi connectivity index (χ3n) is 4.40. The molecule has 0 amide bonds. The van der Waals surface area contributed by atoms with E-state index in [4.69, 9.17) is 9.47 Å². The Labute approximate surface area is 119 Å². The molecule has 3 aliphatic rings. The van der Waals surface area contributed by atoms with Gasteiger partial charge in [-0.05, 0) is 37.0 Å². The van der Waals surface area contributed by atoms with E-state index in [1.54, 1.807) is 14.2 Å². The average Bonchev–Trinajstić information content (AvgIpc) is 2.51. The van der Waals surface area contributed by atoms with Crippen LogP contribution in [0.15, 0.2) is 23.9 Å². The standard InChI is InChI=1S/C16H21NO3/c1-19-13-4-3-12(15(10-13)20-2)9-14-16(18)11-5-7-17(14)8-6-11/h3-4,9-11,16,18H,5-8H2,1-2H3/b14-9-/t16-/m1/s1. The number of rotatable bonds is 3. The number of aliphatic hydroxyl groups excluding tert-OH is 1. The summed E-state index contributed by atoms with van der Waals surface area (Å²) in [5.74, 6) is 1.96. The molecule has 0 saturated carbocycles. The van der Waals surface area contributed by atoms with Gasteiger partial charge in [0.05, 0.1) is 20.3 Å². The molecule has 0 radical (unpaired) electrons. The second kappa shape index (κ2) is 5.37. The van der Waals surface area contributed by atoms with E-state index in [-0.39, 0.29) is 6.10 Å². The quantitative estimate of drug-likeness (QED) is 0.917. The van der Waals surface area contributed by atoms with Crippen molar-refractivity contribution in [3.8, 4) is 11.5 Å². The maximum atomic E-state index is 10.4. The van der Waals surface area contributed by atoms with E-state index in [1.165, 1.54) is 0 Å². The Kier molecular flexibility index (Phi) is 3.57. The molecular weight excluding hydrogens is 254 g/mol. The number of nitrogens with zero attached hydrogens (tertiary/aromatic N) is 1. The highest BCUT2D eigenvalue weighted by Gasteiger charge is 2.36. The molecule has 20 heavy (non-hydrogen) atoms. The van der Waals surface area contributed by atoms with Crippen molar-refractivity contribution in [2.75, 3.05) is 27.3 Å². The van der Waals surface area contributed by atoms with Crippen LogP contribution in [0.2, 0.25) is 0 Å². The lowest BCUT2D eigenvalue weighted by molar-refractivity contribution is 0.0215. The zero-order chi connectivity index (χ0) is 14.1. The summed E-state index contributed by atoms with van der Waals surface area (Å²) in [7, 11) is 3.29. The summed E-state index contributed by atoms with van der Waals surface area (Å²) in [6.07, 6.45) is 3.90. The van der Waals surface area contributed by atoms with Gasteiger partial charge >= 0.3 is 0 Å². The van der Waals surface area contributed by atoms with Gasteiger partial charge < -0.3 is 19.5 Å². The largest absolute Gasteiger partial charge is 0.497 e. The number of fused-ring (bicyclic) bond motifs is 3. The van der Waals surface area contributed by atoms with Gasteiger partial charge in [-0.25, -0.2) is 0 Å². The first-order valence-electron chi connectivity index (χ1n) is 7.09. The summed E-state index contributed by atoms with van der Waals surface area (Å²) in [6.45, 7) is 2.10. The van der Waals surface area contributed by atoms with Gasteiger partial charge in [0.2, 0.25) is 0 Å². The zero-order valence-corrected chi connectivity index (χ0v) is 12.0. The highest BCUT2D eigenvalue weighted by atomic mass is 16.5. The summed E-state index contributed by atoms with van der Waals surface area (Å²) in [4.78, 5) is 2.29. The Hall–Kier alpha value is -1.68. The lowest BCUT2D eigenvalue weighted by Gasteiger charge is -2.46. The van der Waals surface area contributed by atoms with Crippen LogP contribution in [0.4, 0.5) is 0 Å². The van der Waals surface area contributed by atoms with Gasteiger partial charge in [-0.2, -0.15) is 0 Å². The minimum Gasteiger partial charge on any atom is -0.497 e. The van der Waals surface area contributed by atoms with Gasteiger partial charge in [0.1, 0.15) is 11.5 Å². The number of benzene rings is 1. The third kappa shape index (κ3) is 2.24. The average molecular weight is 275 g/mol. The first-order chi connectivity index (χ1) is 9.72. The number of piperidine rings is 3. The fraction of sp³-hybridized carbons (Fsp3) is 0.500. The second-order valence-corrected chi connectivity index (χ2v) is 5.45. The van der Waals surface area contributed by atoms with Crippen molar-refractivity contribution in [1.82, 2.24) is 4.90 Å². The second-order valence-electron chi connectivity index (χ2n) is 5.45. The van der Waals surface area contributed by atoms with E-state index in [0.29, 0.717) is 5.92 Å². The zero-order valence-electron chi connectivity index (χ0n) is 12.0. The molecule has 1 aromatic carbocycles. The Bertz CT molecular complexity index is 514. The Morgan fingerprint density at radius 3 is 2.55 bits per heavy atom. The van der Waals surface area contributed by atoms with Gasteiger partial charge in [0, 0.05) is 30.4 Å². The van der Waals surface area contributed by atoms with Gasteiger partial charge in [-0.1, -0.05) is 0 Å². The molecule has 3 saturated heterocycles. The van der Waals surface area contributed by atoms with Gasteiger partial charge in [-0.15, -0.1) is 0 Å². The maximum absolute atomic E-state index is 10.4. The van der Waals surface area contributed by atoms with E-state index in [0.717, 1.165) is 48.7 Å². The summed E-state index contributed by atoms with van der Waals surface area (Å²) in [5.41, 5.74) is 2.01. The number of ether oxygens (including phenoxy) is 2. The topological polar surface area (TPSA) is 41.9 Å². The van der Waals surface area contributed by atoms with E-state index < -0.39 is 0 Å². The van der Waals surface area contributed by atoms with Gasteiger partial charge in [0.15, 0.2) is 0 Å². The SMILES string of the molecule is COc1ccc(/C=C2/[C@H](O)C3CCN2CC3)c(OC)c1. The molecular formula is C16H21NO3. The van der Waals surface area contributed by atoms with Crippen molar-refractivity contribution in [2.24, 2.45) is 5.92 Å². The molecule has 3 aliphatic heterocycles. The third-order valence-corrected chi connectivity index (χ3v) is 4.40. The van der Waals surface area contributed by atoms with Crippen LogP contribution >= 0.6 is 0 Å². The van der Waals surface area contributed by atoms with Crippen LogP contribution in [0.1, 0.15) is 18.4 Å². The summed E-state index contributed by atoms with van der Waals surface area (Å²) in [5, 5.41) is 10.4. The van der Waals surface area contributed by atoms with Gasteiger partial charge in [0.25, 0.3) is 0 Å². The first-order valence-corrected chi connectivity index (χ1v) is 7.09. The van der Waals surface area contributed by atoms with Crippen LogP contribution in [0.25, 0.3) is 6.08 Å². The van der Waals surface area contributed by atoms with Crippen molar-refractivity contribution >= 4 is 6.08 Å². The summed E-state index contributed by atoms with van der Waals surface area (Å²) >= 11 is 0. The molecule has 108 valence electrons. The molecule has 2 bridgehead atoms. The molecule has 1 atom stereocenters. The molecule has 3 heterocycles. The molecule has 4 rings (SSSR count). The van der Waals surface area contributed by atoms with E-state index >= 15 is 0 Å². The van der Waals surface area contributed by atoms with E-state index in [1.807, 2.05) is 24.3 Å². The predicted octanol–water partition coefficient (Wildman–Crippen LogP) is 2.13. The molecule has 4 heteroatoms. The fourth-order valence-electron chi connectivity index (χ4n) is 3.18. The smallest absolute Gasteiger partial charge is 0.129 e. The number of hydrogen-bond donors (Lipinski definition) is 1. The van der Waals surface area contributed by atoms with Crippen LogP contribution < -0.4 is 9.47 Å². The van der Waals surface area contributed by atoms with Crippen molar-refractivity contribution in [1.29, 1.82) is 0 Å². The van der Waals surface area contributed by atoms with Crippen molar-refractivity contribution in [3.05, 3.63) is 29.5 Å². The maximum Gasteiger partial charge on any atom is 0.129 e. The lowest BCUT2D eigenvalue weighted by Crippen LogP contribution is -2.48. The Morgan fingerprint density at radius 1 is 1.20 bits per heavy atom. The van der Waals surface area contributed by atoms with Crippen molar-refractivity contribution < 1.29 is 14.6 Å². The van der Waals surface area contributed by atoms with Crippen LogP contribution in [0, 0.1) is 5.92 Å². The van der Waals surface area contributed by atoms with E-state index in [9.17, 15) is 5.11 Å². The molecule has 0 aromatic heterocycles. The Morgan fingerprint density at radius 2 is 1.95 bits per heavy atom. The first kappa shape index (κ1) is 13.3. The molecule has 0 spiro atoms. The normalized spacial score (nSPS) is 26.9. The number of hydrogen-bond acceptors (Lipinski definition) is 4. The van der Waals surface area contributed by atoms with Crippen LogP contribution in [0.3, 0.4) is 0 Å². The molecule has 4 nitrogen and oxygen atoms in total. The molecule has 1 N–H and O–H groups in total. The minimum atomic E-state index is -0.343. The predicted molar refractivity (Wildman–Crippen MR) is 77.8 cm³/mol. The van der Waals surface area contributed by atoms with E-state index in [2.05, 4.69) is 4.90 Å². The molecule has 3 fully saturated rings. The summed E-state index contributed by atoms with van der Waals surface area (Å²) in [6, 6.07) is 5.76. The minimum absolute atomic E-state index is 0.343. The highest BCUT2D eigenvalue weighted by molar-refractivity contribution is 5.62. The molecule has 0 aliphatic carbocycles. The van der Waals surface area contributed by atoms with Crippen LogP contribution in [-0.4, -0.2) is 43.4 Å². The highest BCUT2D eigenvalue weighted by Crippen LogP contribution is 2.37. The van der Waals surface area contributed by atoms with Crippen molar-refractivity contribution in [3.63, 3.8) is 0 Å². The van der Waals surface area contributed by atoms with Crippen molar-refractivity contribution in [2.45, 2.75) is 18.9 Å². The van der Waals surface area contributed by atoms with Gasteiger partial charge in [-0.3, -0.25) is 0 Å². The van der Waals surface area contributed by atoms with Crippen LogP contribution in [-0.2, 0) is 0 Å². The Balaban J connectivity index is 1.95. The molecule has 1 aromatic rings. The number of aliphatic hydroxyl groups is 1.